The Bertz CT molecular complexity index is 445. The molecular formula is C10H10FNO4. The number of phenols is 1. The van der Waals surface area contributed by atoms with Crippen molar-refractivity contribution >= 4 is 11.8 Å². The molecular weight excluding hydrogens is 217 g/mol. The number of hydrogen-bond donors (Lipinski definition) is 2. The van der Waals surface area contributed by atoms with E-state index in [0.29, 0.717) is 0 Å². The van der Waals surface area contributed by atoms with Gasteiger partial charge in [-0.25, -0.2) is 9.18 Å². The Balaban J connectivity index is 3.33. The number of hydrogen-bond acceptors (Lipinski definition) is 5. The molecule has 0 saturated carbocycles. The quantitative estimate of drug-likeness (QED) is 0.578. The second-order valence-corrected chi connectivity index (χ2v) is 2.97. The van der Waals surface area contributed by atoms with Crippen LogP contribution in [-0.4, -0.2) is 30.5 Å². The Morgan fingerprint density at radius 3 is 2.62 bits per heavy atom. The van der Waals surface area contributed by atoms with Gasteiger partial charge in [0.15, 0.2) is 17.3 Å². The third-order valence-electron chi connectivity index (χ3n) is 1.98. The Hall–Kier alpha value is -1.95. The third kappa shape index (κ3) is 2.17. The number of rotatable bonds is 3. The van der Waals surface area contributed by atoms with Crippen LogP contribution in [0.1, 0.15) is 20.7 Å². The van der Waals surface area contributed by atoms with Crippen LogP contribution < -0.4 is 5.73 Å². The van der Waals surface area contributed by atoms with Crippen molar-refractivity contribution in [2.24, 2.45) is 5.73 Å². The van der Waals surface area contributed by atoms with E-state index in [0.717, 1.165) is 19.2 Å². The fourth-order valence-electron chi connectivity index (χ4n) is 1.14. The van der Waals surface area contributed by atoms with Crippen LogP contribution in [0, 0.1) is 5.82 Å². The number of phenolic OH excluding ortho intramolecular Hbond substituents is 1. The molecule has 3 N–H and O–H groups in total. The molecule has 0 aliphatic heterocycles. The molecule has 1 aromatic carbocycles. The summed E-state index contributed by atoms with van der Waals surface area (Å²) < 4.78 is 17.5. The molecule has 0 saturated heterocycles. The van der Waals surface area contributed by atoms with Gasteiger partial charge in [0.05, 0.1) is 13.7 Å². The summed E-state index contributed by atoms with van der Waals surface area (Å²) in [6.45, 7) is -0.315. The highest BCUT2D eigenvalue weighted by atomic mass is 19.1. The van der Waals surface area contributed by atoms with Crippen molar-refractivity contribution in [2.45, 2.75) is 0 Å². The Kier molecular flexibility index (Phi) is 3.57. The van der Waals surface area contributed by atoms with E-state index in [2.05, 4.69) is 4.74 Å². The number of methoxy groups -OCH3 is 1. The minimum atomic E-state index is -1.07. The lowest BCUT2D eigenvalue weighted by Crippen LogP contribution is -2.15. The van der Waals surface area contributed by atoms with E-state index < -0.39 is 28.9 Å². The van der Waals surface area contributed by atoms with Crippen LogP contribution in [0.3, 0.4) is 0 Å². The lowest BCUT2D eigenvalue weighted by atomic mass is 10.1. The molecule has 0 aliphatic carbocycles. The zero-order chi connectivity index (χ0) is 12.3. The number of nitrogens with two attached hydrogens (primary N) is 1. The van der Waals surface area contributed by atoms with Crippen molar-refractivity contribution < 1.29 is 23.8 Å². The predicted octanol–water partition coefficient (Wildman–Crippen LogP) is 0.459. The lowest BCUT2D eigenvalue weighted by Gasteiger charge is -2.06. The molecule has 0 bridgehead atoms. The van der Waals surface area contributed by atoms with Gasteiger partial charge in [0.25, 0.3) is 0 Å². The second-order valence-electron chi connectivity index (χ2n) is 2.97. The fraction of sp³-hybridized carbons (Fsp3) is 0.200. The first kappa shape index (κ1) is 12.1. The number of ether oxygens (including phenoxy) is 1. The van der Waals surface area contributed by atoms with E-state index in [4.69, 9.17) is 5.73 Å². The van der Waals surface area contributed by atoms with Crippen LogP contribution in [0.25, 0.3) is 0 Å². The van der Waals surface area contributed by atoms with E-state index in [1.807, 2.05) is 0 Å². The van der Waals surface area contributed by atoms with E-state index >= 15 is 0 Å². The number of ketones is 1. The highest BCUT2D eigenvalue weighted by Crippen LogP contribution is 2.24. The summed E-state index contributed by atoms with van der Waals surface area (Å²) >= 11 is 0. The molecule has 0 aliphatic rings. The Morgan fingerprint density at radius 1 is 1.50 bits per heavy atom. The topological polar surface area (TPSA) is 89.6 Å². The molecule has 6 heteroatoms. The molecule has 5 nitrogen and oxygen atoms in total. The fourth-order valence-corrected chi connectivity index (χ4v) is 1.14. The van der Waals surface area contributed by atoms with Crippen molar-refractivity contribution in [1.29, 1.82) is 0 Å². The Morgan fingerprint density at radius 2 is 2.12 bits per heavy atom. The Labute approximate surface area is 90.6 Å². The van der Waals surface area contributed by atoms with Crippen molar-refractivity contribution in [3.05, 3.63) is 29.1 Å². The molecule has 0 heterocycles. The second kappa shape index (κ2) is 4.71. The summed E-state index contributed by atoms with van der Waals surface area (Å²) in [7, 11) is 1.08. The van der Waals surface area contributed by atoms with Crippen LogP contribution in [0.5, 0.6) is 5.75 Å². The largest absolute Gasteiger partial charge is 0.504 e. The molecule has 16 heavy (non-hydrogen) atoms. The van der Waals surface area contributed by atoms with Gasteiger partial charge in [0, 0.05) is 5.56 Å². The van der Waals surface area contributed by atoms with Gasteiger partial charge < -0.3 is 15.6 Å². The number of Topliss-reactive ketones (excluding diaryl/α,β-unsaturated/α-hetero) is 1. The standard InChI is InChI=1S/C10H10FNO4/c1-16-10(15)6-2-5(8(13)4-12)3-7(11)9(6)14/h2-3,14H,4,12H2,1H3. The normalized spacial score (nSPS) is 9.94. The first-order valence-corrected chi connectivity index (χ1v) is 4.35. The first-order valence-electron chi connectivity index (χ1n) is 4.35. The van der Waals surface area contributed by atoms with Crippen LogP contribution in [0.2, 0.25) is 0 Å². The van der Waals surface area contributed by atoms with Crippen molar-refractivity contribution in [1.82, 2.24) is 0 Å². The SMILES string of the molecule is COC(=O)c1cc(C(=O)CN)cc(F)c1O. The maximum atomic E-state index is 13.2. The van der Waals surface area contributed by atoms with E-state index in [1.165, 1.54) is 0 Å². The highest BCUT2D eigenvalue weighted by molar-refractivity contribution is 6.01. The van der Waals surface area contributed by atoms with E-state index in [-0.39, 0.29) is 12.1 Å². The molecule has 0 amide bonds. The van der Waals surface area contributed by atoms with E-state index in [1.54, 1.807) is 0 Å². The van der Waals surface area contributed by atoms with Gasteiger partial charge in [-0.3, -0.25) is 4.79 Å². The van der Waals surface area contributed by atoms with E-state index in [9.17, 15) is 19.1 Å². The van der Waals surface area contributed by atoms with Gasteiger partial charge in [0.1, 0.15) is 5.56 Å². The number of carbonyl (C=O) groups is 2. The third-order valence-corrected chi connectivity index (χ3v) is 1.98. The van der Waals surface area contributed by atoms with Gasteiger partial charge in [-0.1, -0.05) is 0 Å². The number of aromatic hydroxyl groups is 1. The predicted molar refractivity (Wildman–Crippen MR) is 52.8 cm³/mol. The maximum Gasteiger partial charge on any atom is 0.341 e. The van der Waals surface area contributed by atoms with Crippen molar-refractivity contribution in [2.75, 3.05) is 13.7 Å². The monoisotopic (exact) mass is 227 g/mol. The highest BCUT2D eigenvalue weighted by Gasteiger charge is 2.19. The molecule has 0 aromatic heterocycles. The summed E-state index contributed by atoms with van der Waals surface area (Å²) in [6.07, 6.45) is 0. The summed E-state index contributed by atoms with van der Waals surface area (Å²) in [5.41, 5.74) is 4.61. The first-order chi connectivity index (χ1) is 7.51. The summed E-state index contributed by atoms with van der Waals surface area (Å²) in [4.78, 5) is 22.4. The minimum absolute atomic E-state index is 0.0850. The van der Waals surface area contributed by atoms with Gasteiger partial charge in [-0.2, -0.15) is 0 Å². The zero-order valence-electron chi connectivity index (χ0n) is 8.49. The number of carbonyl (C=O) groups excluding carboxylic acids is 2. The van der Waals surface area contributed by atoms with Crippen LogP contribution in [0.4, 0.5) is 4.39 Å². The average Bonchev–Trinajstić information content (AvgIpc) is 2.30. The van der Waals surface area contributed by atoms with Gasteiger partial charge in [0.2, 0.25) is 0 Å². The number of halogens is 1. The molecule has 0 atom stereocenters. The van der Waals surface area contributed by atoms with Gasteiger partial charge in [-0.15, -0.1) is 0 Å². The summed E-state index contributed by atoms with van der Waals surface area (Å²) in [6, 6.07) is 1.86. The van der Waals surface area contributed by atoms with Gasteiger partial charge >= 0.3 is 5.97 Å². The molecule has 0 unspecified atom stereocenters. The molecule has 1 rings (SSSR count). The minimum Gasteiger partial charge on any atom is -0.504 e. The van der Waals surface area contributed by atoms with Crippen molar-refractivity contribution in [3.63, 3.8) is 0 Å². The molecule has 0 spiro atoms. The van der Waals surface area contributed by atoms with Crippen LogP contribution in [-0.2, 0) is 4.74 Å². The van der Waals surface area contributed by atoms with Crippen LogP contribution in [0.15, 0.2) is 12.1 Å². The maximum absolute atomic E-state index is 13.2. The van der Waals surface area contributed by atoms with Crippen molar-refractivity contribution in [3.8, 4) is 5.75 Å². The molecule has 86 valence electrons. The van der Waals surface area contributed by atoms with Gasteiger partial charge in [-0.05, 0) is 12.1 Å². The zero-order valence-corrected chi connectivity index (χ0v) is 8.49. The lowest BCUT2D eigenvalue weighted by molar-refractivity contribution is 0.0596. The average molecular weight is 227 g/mol. The number of benzene rings is 1. The number of esters is 1. The summed E-state index contributed by atoms with van der Waals surface area (Å²) in [5, 5.41) is 9.26. The molecule has 1 aromatic rings. The smallest absolute Gasteiger partial charge is 0.341 e. The molecule has 0 fully saturated rings. The van der Waals surface area contributed by atoms with Crippen LogP contribution >= 0.6 is 0 Å². The summed E-state index contributed by atoms with van der Waals surface area (Å²) in [5.74, 6) is -3.38. The molecule has 0 radical (unpaired) electrons.